The van der Waals surface area contributed by atoms with Crippen LogP contribution >= 0.6 is 0 Å². The second-order valence-electron chi connectivity index (χ2n) is 4.43. The molecule has 0 amide bonds. The molecule has 1 rings (SSSR count). The van der Waals surface area contributed by atoms with Crippen LogP contribution in [0.1, 0.15) is 6.92 Å². The second kappa shape index (κ2) is 13.5. The van der Waals surface area contributed by atoms with Gasteiger partial charge in [0, 0.05) is 32.5 Å². The number of ether oxygens (including phenoxy) is 4. The zero-order valence-corrected chi connectivity index (χ0v) is 12.6. The molecule has 1 aliphatic rings. The van der Waals surface area contributed by atoms with Gasteiger partial charge in [-0.3, -0.25) is 9.89 Å². The molecule has 20 heavy (non-hydrogen) atoms. The van der Waals surface area contributed by atoms with E-state index in [2.05, 4.69) is 9.89 Å². The number of aliphatic imine (C=N–C) groups is 1. The normalized spacial score (nSPS) is 21.2. The summed E-state index contributed by atoms with van der Waals surface area (Å²) in [6.07, 6.45) is 1.81. The SMILES string of the molecule is CCOCCN1CCOCC=NCCOCCOCC1. The van der Waals surface area contributed by atoms with Crippen LogP contribution in [0.5, 0.6) is 0 Å². The van der Waals surface area contributed by atoms with Gasteiger partial charge in [0.15, 0.2) is 0 Å². The molecule has 0 aromatic heterocycles. The molecule has 0 aromatic carbocycles. The lowest BCUT2D eigenvalue weighted by Gasteiger charge is -2.21. The van der Waals surface area contributed by atoms with Crippen LogP contribution in [0, 0.1) is 0 Å². The Labute approximate surface area is 122 Å². The summed E-state index contributed by atoms with van der Waals surface area (Å²) in [5.74, 6) is 0. The van der Waals surface area contributed by atoms with Gasteiger partial charge in [0.2, 0.25) is 0 Å². The quantitative estimate of drug-likeness (QED) is 0.704. The van der Waals surface area contributed by atoms with E-state index in [9.17, 15) is 0 Å². The van der Waals surface area contributed by atoms with E-state index in [1.807, 2.05) is 13.1 Å². The van der Waals surface area contributed by atoms with Crippen LogP contribution in [0.25, 0.3) is 0 Å². The minimum absolute atomic E-state index is 0.565. The third kappa shape index (κ3) is 10.3. The lowest BCUT2D eigenvalue weighted by atomic mass is 10.4. The lowest BCUT2D eigenvalue weighted by Crippen LogP contribution is -2.34. The van der Waals surface area contributed by atoms with Gasteiger partial charge in [-0.2, -0.15) is 0 Å². The van der Waals surface area contributed by atoms with E-state index >= 15 is 0 Å². The molecule has 0 unspecified atom stereocenters. The van der Waals surface area contributed by atoms with Crippen LogP contribution in [0.2, 0.25) is 0 Å². The zero-order chi connectivity index (χ0) is 14.3. The van der Waals surface area contributed by atoms with Gasteiger partial charge in [-0.1, -0.05) is 0 Å². The molecule has 0 fully saturated rings. The highest BCUT2D eigenvalue weighted by Crippen LogP contribution is 1.92. The van der Waals surface area contributed by atoms with Gasteiger partial charge in [-0.05, 0) is 6.92 Å². The molecule has 0 saturated heterocycles. The molecular weight excluding hydrogens is 260 g/mol. The van der Waals surface area contributed by atoms with Crippen LogP contribution in [-0.4, -0.2) is 90.1 Å². The Hall–Kier alpha value is -0.530. The fraction of sp³-hybridized carbons (Fsp3) is 0.929. The van der Waals surface area contributed by atoms with E-state index in [0.717, 1.165) is 32.8 Å². The lowest BCUT2D eigenvalue weighted by molar-refractivity contribution is 0.0319. The zero-order valence-electron chi connectivity index (χ0n) is 12.6. The van der Waals surface area contributed by atoms with Crippen LogP contribution in [0.15, 0.2) is 4.99 Å². The number of rotatable bonds is 4. The summed E-state index contributed by atoms with van der Waals surface area (Å²) >= 11 is 0. The van der Waals surface area contributed by atoms with Gasteiger partial charge in [0.25, 0.3) is 0 Å². The number of nitrogens with zero attached hydrogens (tertiary/aromatic N) is 2. The van der Waals surface area contributed by atoms with Gasteiger partial charge >= 0.3 is 0 Å². The molecule has 6 heteroatoms. The van der Waals surface area contributed by atoms with Crippen LogP contribution < -0.4 is 0 Å². The molecule has 0 aromatic rings. The molecule has 0 bridgehead atoms. The van der Waals surface area contributed by atoms with Gasteiger partial charge in [0.05, 0.1) is 52.8 Å². The molecule has 0 atom stereocenters. The molecule has 0 radical (unpaired) electrons. The van der Waals surface area contributed by atoms with Crippen molar-refractivity contribution in [2.24, 2.45) is 4.99 Å². The topological polar surface area (TPSA) is 52.5 Å². The minimum atomic E-state index is 0.565. The third-order valence-electron chi connectivity index (χ3n) is 2.92. The van der Waals surface area contributed by atoms with Crippen molar-refractivity contribution >= 4 is 6.21 Å². The first kappa shape index (κ1) is 17.5. The van der Waals surface area contributed by atoms with Crippen molar-refractivity contribution in [1.29, 1.82) is 0 Å². The van der Waals surface area contributed by atoms with Crippen LogP contribution in [-0.2, 0) is 18.9 Å². The molecule has 0 spiro atoms. The van der Waals surface area contributed by atoms with Gasteiger partial charge in [0.1, 0.15) is 0 Å². The van der Waals surface area contributed by atoms with E-state index in [4.69, 9.17) is 18.9 Å². The average molecular weight is 288 g/mol. The summed E-state index contributed by atoms with van der Waals surface area (Å²) in [6, 6.07) is 0. The van der Waals surface area contributed by atoms with Crippen molar-refractivity contribution in [3.05, 3.63) is 0 Å². The molecule has 1 heterocycles. The van der Waals surface area contributed by atoms with Crippen LogP contribution in [0.3, 0.4) is 0 Å². The van der Waals surface area contributed by atoms with Crippen LogP contribution in [0.4, 0.5) is 0 Å². The van der Waals surface area contributed by atoms with E-state index in [1.165, 1.54) is 0 Å². The molecule has 118 valence electrons. The minimum Gasteiger partial charge on any atom is -0.380 e. The maximum atomic E-state index is 5.56. The highest BCUT2D eigenvalue weighted by atomic mass is 16.5. The summed E-state index contributed by atoms with van der Waals surface area (Å²) in [5.41, 5.74) is 0. The molecule has 0 aliphatic carbocycles. The van der Waals surface area contributed by atoms with Gasteiger partial charge in [-0.25, -0.2) is 0 Å². The van der Waals surface area contributed by atoms with Crippen molar-refractivity contribution in [2.45, 2.75) is 6.92 Å². The predicted octanol–water partition coefficient (Wildman–Crippen LogP) is 0.459. The first-order chi connectivity index (χ1) is 9.93. The fourth-order valence-electron chi connectivity index (χ4n) is 1.78. The Kier molecular flexibility index (Phi) is 11.8. The molecule has 0 saturated carbocycles. The van der Waals surface area contributed by atoms with Crippen molar-refractivity contribution in [2.75, 3.05) is 79.0 Å². The predicted molar refractivity (Wildman–Crippen MR) is 78.7 cm³/mol. The second-order valence-corrected chi connectivity index (χ2v) is 4.43. The Bertz CT molecular complexity index is 239. The first-order valence-electron chi connectivity index (χ1n) is 7.45. The van der Waals surface area contributed by atoms with Crippen molar-refractivity contribution in [1.82, 2.24) is 4.90 Å². The smallest absolute Gasteiger partial charge is 0.0814 e. The Morgan fingerprint density at radius 1 is 1.05 bits per heavy atom. The summed E-state index contributed by atoms with van der Waals surface area (Å²) in [4.78, 5) is 6.51. The maximum absolute atomic E-state index is 5.56. The summed E-state index contributed by atoms with van der Waals surface area (Å²) in [5, 5.41) is 0. The number of hydrogen-bond acceptors (Lipinski definition) is 6. The van der Waals surface area contributed by atoms with E-state index in [0.29, 0.717) is 46.2 Å². The standard InChI is InChI=1S/C14H28N2O4/c1-2-17-10-5-16-6-11-18-8-3-15-4-9-19-13-14-20-12-7-16/h3H,2,4-14H2,1H3. The van der Waals surface area contributed by atoms with Crippen molar-refractivity contribution in [3.63, 3.8) is 0 Å². The summed E-state index contributed by atoms with van der Waals surface area (Å²) in [6.45, 7) is 10.8. The van der Waals surface area contributed by atoms with E-state index < -0.39 is 0 Å². The first-order valence-corrected chi connectivity index (χ1v) is 7.45. The Morgan fingerprint density at radius 2 is 1.80 bits per heavy atom. The third-order valence-corrected chi connectivity index (χ3v) is 2.92. The Balaban J connectivity index is 2.25. The van der Waals surface area contributed by atoms with Gasteiger partial charge in [-0.15, -0.1) is 0 Å². The average Bonchev–Trinajstić information content (AvgIpc) is 2.47. The maximum Gasteiger partial charge on any atom is 0.0814 e. The van der Waals surface area contributed by atoms with Crippen molar-refractivity contribution in [3.8, 4) is 0 Å². The molecule has 6 nitrogen and oxygen atoms in total. The van der Waals surface area contributed by atoms with E-state index in [1.54, 1.807) is 0 Å². The summed E-state index contributed by atoms with van der Waals surface area (Å²) in [7, 11) is 0. The fourth-order valence-corrected chi connectivity index (χ4v) is 1.78. The monoisotopic (exact) mass is 288 g/mol. The largest absolute Gasteiger partial charge is 0.380 e. The molecular formula is C14H28N2O4. The molecule has 0 N–H and O–H groups in total. The number of hydrogen-bond donors (Lipinski definition) is 0. The Morgan fingerprint density at radius 3 is 2.60 bits per heavy atom. The highest BCUT2D eigenvalue weighted by Gasteiger charge is 2.05. The highest BCUT2D eigenvalue weighted by molar-refractivity contribution is 5.58. The molecule has 1 aliphatic heterocycles. The van der Waals surface area contributed by atoms with Crippen molar-refractivity contribution < 1.29 is 18.9 Å². The summed E-state index contributed by atoms with van der Waals surface area (Å²) < 4.78 is 21.9. The van der Waals surface area contributed by atoms with E-state index in [-0.39, 0.29) is 0 Å². The van der Waals surface area contributed by atoms with Gasteiger partial charge < -0.3 is 18.9 Å².